The average Bonchev–Trinajstić information content (AvgIpc) is 3.14. The van der Waals surface area contributed by atoms with E-state index in [2.05, 4.69) is 19.2 Å². The van der Waals surface area contributed by atoms with Gasteiger partial charge in [-0.05, 0) is 29.8 Å². The molecule has 0 saturated carbocycles. The Balaban J connectivity index is 1.47. The maximum Gasteiger partial charge on any atom is 0.317 e. The molecule has 0 aliphatic carbocycles. The second kappa shape index (κ2) is 8.20. The minimum absolute atomic E-state index is 0.125. The van der Waals surface area contributed by atoms with Crippen LogP contribution in [0.5, 0.6) is 17.2 Å². The summed E-state index contributed by atoms with van der Waals surface area (Å²) in [7, 11) is 1.76. The Bertz CT molecular complexity index is 777. The Kier molecular flexibility index (Phi) is 5.74. The van der Waals surface area contributed by atoms with E-state index in [-0.39, 0.29) is 18.2 Å². The Morgan fingerprint density at radius 1 is 1.15 bits per heavy atom. The number of fused-ring (bicyclic) bond motifs is 1. The number of nitrogens with zero attached hydrogens (tertiary/aromatic N) is 1. The third-order valence-corrected chi connectivity index (χ3v) is 4.62. The summed E-state index contributed by atoms with van der Waals surface area (Å²) >= 11 is 0. The van der Waals surface area contributed by atoms with Crippen molar-refractivity contribution in [1.82, 2.24) is 10.2 Å². The van der Waals surface area contributed by atoms with Crippen LogP contribution < -0.4 is 19.5 Å². The van der Waals surface area contributed by atoms with E-state index in [9.17, 15) is 4.79 Å². The number of benzene rings is 2. The van der Waals surface area contributed by atoms with E-state index >= 15 is 0 Å². The van der Waals surface area contributed by atoms with E-state index in [0.717, 1.165) is 22.8 Å². The van der Waals surface area contributed by atoms with Crippen LogP contribution in [0.2, 0.25) is 0 Å². The molecule has 6 nitrogen and oxygen atoms in total. The molecule has 0 fully saturated rings. The van der Waals surface area contributed by atoms with Crippen LogP contribution in [0.1, 0.15) is 19.4 Å². The van der Waals surface area contributed by atoms with E-state index in [4.69, 9.17) is 14.2 Å². The van der Waals surface area contributed by atoms with Crippen LogP contribution in [0.3, 0.4) is 0 Å². The number of carbonyl (C=O) groups excluding carboxylic acids is 1. The predicted octanol–water partition coefficient (Wildman–Crippen LogP) is 3.41. The second-order valence-corrected chi connectivity index (χ2v) is 7.19. The molecule has 2 aromatic rings. The Labute approximate surface area is 160 Å². The van der Waals surface area contributed by atoms with Gasteiger partial charge in [0.25, 0.3) is 0 Å². The maximum atomic E-state index is 12.4. The number of likely N-dealkylation sites (N-methyl/N-ethyl adjacent to an activating group) is 1. The molecule has 0 aromatic heterocycles. The quantitative estimate of drug-likeness (QED) is 0.811. The van der Waals surface area contributed by atoms with Gasteiger partial charge in [-0.3, -0.25) is 0 Å². The molecule has 144 valence electrons. The fourth-order valence-electron chi connectivity index (χ4n) is 2.77. The van der Waals surface area contributed by atoms with Crippen LogP contribution in [-0.2, 0) is 5.41 Å². The van der Waals surface area contributed by atoms with E-state index in [1.165, 1.54) is 0 Å². The summed E-state index contributed by atoms with van der Waals surface area (Å²) in [6.45, 7) is 5.89. The molecule has 2 aromatic carbocycles. The van der Waals surface area contributed by atoms with Crippen LogP contribution in [0.4, 0.5) is 4.79 Å². The highest BCUT2D eigenvalue weighted by Gasteiger charge is 2.25. The number of rotatable bonds is 7. The van der Waals surface area contributed by atoms with Gasteiger partial charge >= 0.3 is 6.03 Å². The summed E-state index contributed by atoms with van der Waals surface area (Å²) in [6, 6.07) is 15.3. The highest BCUT2D eigenvalue weighted by Crippen LogP contribution is 2.36. The molecule has 27 heavy (non-hydrogen) atoms. The summed E-state index contributed by atoms with van der Waals surface area (Å²) in [4.78, 5) is 14.0. The fraction of sp³-hybridized carbons (Fsp3) is 0.381. The lowest BCUT2D eigenvalue weighted by molar-refractivity contribution is 0.174. The zero-order valence-electron chi connectivity index (χ0n) is 16.0. The lowest BCUT2D eigenvalue weighted by Gasteiger charge is -2.27. The van der Waals surface area contributed by atoms with Gasteiger partial charge in [-0.1, -0.05) is 38.1 Å². The van der Waals surface area contributed by atoms with Gasteiger partial charge in [0.15, 0.2) is 11.5 Å². The molecule has 0 bridgehead atoms. The van der Waals surface area contributed by atoms with Gasteiger partial charge < -0.3 is 24.4 Å². The van der Waals surface area contributed by atoms with Gasteiger partial charge in [-0.15, -0.1) is 0 Å². The van der Waals surface area contributed by atoms with Crippen molar-refractivity contribution in [2.24, 2.45) is 0 Å². The molecule has 0 saturated heterocycles. The van der Waals surface area contributed by atoms with E-state index in [0.29, 0.717) is 19.7 Å². The topological polar surface area (TPSA) is 60.0 Å². The minimum Gasteiger partial charge on any atom is -0.492 e. The van der Waals surface area contributed by atoms with E-state index in [1.807, 2.05) is 48.5 Å². The molecule has 3 rings (SSSR count). The molecule has 0 spiro atoms. The standard InChI is InChI=1S/C21H26N2O4/c1-21(2,16-9-10-18-19(13-16)27-15-26-18)14-22-20(24)23(3)11-12-25-17-7-5-4-6-8-17/h4-10,13H,11-12,14-15H2,1-3H3,(H,22,24). The number of urea groups is 1. The van der Waals surface area contributed by atoms with Crippen molar-refractivity contribution in [3.05, 3.63) is 54.1 Å². The highest BCUT2D eigenvalue weighted by molar-refractivity contribution is 5.74. The van der Waals surface area contributed by atoms with Crippen LogP contribution in [0.25, 0.3) is 0 Å². The molecule has 2 amide bonds. The van der Waals surface area contributed by atoms with Crippen LogP contribution >= 0.6 is 0 Å². The molecule has 0 atom stereocenters. The molecule has 0 radical (unpaired) electrons. The minimum atomic E-state index is -0.238. The summed E-state index contributed by atoms with van der Waals surface area (Å²) < 4.78 is 16.4. The molecule has 6 heteroatoms. The largest absolute Gasteiger partial charge is 0.492 e. The number of nitrogens with one attached hydrogen (secondary N) is 1. The lowest BCUT2D eigenvalue weighted by Crippen LogP contribution is -2.44. The van der Waals surface area contributed by atoms with Crippen LogP contribution in [0.15, 0.2) is 48.5 Å². The fourth-order valence-corrected chi connectivity index (χ4v) is 2.77. The van der Waals surface area contributed by atoms with Gasteiger partial charge in [0.05, 0.1) is 6.54 Å². The normalized spacial score (nSPS) is 12.6. The summed E-state index contributed by atoms with van der Waals surface area (Å²) in [5, 5.41) is 3.00. The van der Waals surface area contributed by atoms with E-state index < -0.39 is 0 Å². The van der Waals surface area contributed by atoms with Crippen LogP contribution in [-0.4, -0.2) is 44.5 Å². The van der Waals surface area contributed by atoms with Gasteiger partial charge in [-0.2, -0.15) is 0 Å². The third-order valence-electron chi connectivity index (χ3n) is 4.62. The number of hydrogen-bond acceptors (Lipinski definition) is 4. The number of para-hydroxylation sites is 1. The van der Waals surface area contributed by atoms with E-state index in [1.54, 1.807) is 11.9 Å². The molecular formula is C21H26N2O4. The molecule has 1 N–H and O–H groups in total. The SMILES string of the molecule is CN(CCOc1ccccc1)C(=O)NCC(C)(C)c1ccc2c(c1)OCO2. The number of amides is 2. The van der Waals surface area contributed by atoms with Gasteiger partial charge in [0.1, 0.15) is 12.4 Å². The third kappa shape index (κ3) is 4.84. The zero-order chi connectivity index (χ0) is 19.3. The lowest BCUT2D eigenvalue weighted by atomic mass is 9.84. The number of hydrogen-bond donors (Lipinski definition) is 1. The monoisotopic (exact) mass is 370 g/mol. The maximum absolute atomic E-state index is 12.4. The van der Waals surface area contributed by atoms with Crippen LogP contribution in [0, 0.1) is 0 Å². The van der Waals surface area contributed by atoms with Crippen molar-refractivity contribution < 1.29 is 19.0 Å². The van der Waals surface area contributed by atoms with Gasteiger partial charge in [0.2, 0.25) is 6.79 Å². The Morgan fingerprint density at radius 3 is 2.67 bits per heavy atom. The molecule has 1 heterocycles. The molecular weight excluding hydrogens is 344 g/mol. The Morgan fingerprint density at radius 2 is 1.89 bits per heavy atom. The van der Waals surface area contributed by atoms with Crippen molar-refractivity contribution >= 4 is 6.03 Å². The number of ether oxygens (including phenoxy) is 3. The van der Waals surface area contributed by atoms with Crippen molar-refractivity contribution in [2.75, 3.05) is 33.5 Å². The predicted molar refractivity (Wildman–Crippen MR) is 104 cm³/mol. The first-order chi connectivity index (χ1) is 13.0. The Hall–Kier alpha value is -2.89. The summed E-state index contributed by atoms with van der Waals surface area (Å²) in [5.41, 5.74) is 0.847. The zero-order valence-corrected chi connectivity index (χ0v) is 16.0. The molecule has 1 aliphatic rings. The van der Waals surface area contributed by atoms with Crippen molar-refractivity contribution in [2.45, 2.75) is 19.3 Å². The first kappa shape index (κ1) is 18.9. The van der Waals surface area contributed by atoms with Crippen molar-refractivity contribution in [3.8, 4) is 17.2 Å². The average molecular weight is 370 g/mol. The van der Waals surface area contributed by atoms with Crippen molar-refractivity contribution in [1.29, 1.82) is 0 Å². The first-order valence-electron chi connectivity index (χ1n) is 9.03. The summed E-state index contributed by atoms with van der Waals surface area (Å²) in [6.07, 6.45) is 0. The second-order valence-electron chi connectivity index (χ2n) is 7.19. The van der Waals surface area contributed by atoms with Gasteiger partial charge in [0, 0.05) is 19.0 Å². The van der Waals surface area contributed by atoms with Crippen molar-refractivity contribution in [3.63, 3.8) is 0 Å². The number of carbonyl (C=O) groups is 1. The van der Waals surface area contributed by atoms with Gasteiger partial charge in [-0.25, -0.2) is 4.79 Å². The first-order valence-corrected chi connectivity index (χ1v) is 9.03. The summed E-state index contributed by atoms with van der Waals surface area (Å²) in [5.74, 6) is 2.31. The highest BCUT2D eigenvalue weighted by atomic mass is 16.7. The molecule has 0 unspecified atom stereocenters. The molecule has 1 aliphatic heterocycles. The smallest absolute Gasteiger partial charge is 0.317 e.